The average Bonchev–Trinajstić information content (AvgIpc) is 2.99. The molecule has 0 aromatic heterocycles. The number of carbonyl (C=O) groups is 2. The molecule has 0 spiro atoms. The van der Waals surface area contributed by atoms with E-state index in [9.17, 15) is 9.59 Å². The van der Waals surface area contributed by atoms with E-state index < -0.39 is 0 Å². The number of carbonyl (C=O) groups excluding carboxylic acids is 2. The van der Waals surface area contributed by atoms with E-state index in [1.807, 2.05) is 25.7 Å². The Bertz CT molecular complexity index is 386. The summed E-state index contributed by atoms with van der Waals surface area (Å²) in [6.07, 6.45) is 2.27. The Morgan fingerprint density at radius 2 is 1.55 bits per heavy atom. The van der Waals surface area contributed by atoms with Crippen molar-refractivity contribution < 1.29 is 9.59 Å². The van der Waals surface area contributed by atoms with Crippen LogP contribution in [-0.2, 0) is 9.59 Å². The molecule has 0 aromatic carbocycles. The summed E-state index contributed by atoms with van der Waals surface area (Å²) in [5, 5.41) is 2.92. The number of nitrogens with zero attached hydrogens (tertiary/aromatic N) is 3. The van der Waals surface area contributed by atoms with E-state index in [-0.39, 0.29) is 23.9 Å². The number of rotatable bonds is 5. The van der Waals surface area contributed by atoms with Crippen molar-refractivity contribution in [2.45, 2.75) is 45.7 Å². The smallest absolute Gasteiger partial charge is 0.239 e. The second-order valence-corrected chi connectivity index (χ2v) is 6.74. The van der Waals surface area contributed by atoms with Crippen LogP contribution in [0.4, 0.5) is 0 Å². The van der Waals surface area contributed by atoms with Gasteiger partial charge < -0.3 is 10.2 Å². The van der Waals surface area contributed by atoms with Crippen LogP contribution in [0.3, 0.4) is 0 Å². The van der Waals surface area contributed by atoms with Crippen LogP contribution in [-0.4, -0.2) is 84.4 Å². The van der Waals surface area contributed by atoms with E-state index in [2.05, 4.69) is 15.1 Å². The van der Waals surface area contributed by atoms with Crippen molar-refractivity contribution in [3.63, 3.8) is 0 Å². The molecule has 6 heteroatoms. The van der Waals surface area contributed by atoms with Gasteiger partial charge >= 0.3 is 0 Å². The normalized spacial score (nSPS) is 22.1. The minimum Gasteiger partial charge on any atom is -0.353 e. The highest BCUT2D eigenvalue weighted by Gasteiger charge is 2.30. The first-order chi connectivity index (χ1) is 10.5. The molecular formula is C16H30N4O2. The molecule has 2 aliphatic rings. The molecule has 2 saturated heterocycles. The van der Waals surface area contributed by atoms with Gasteiger partial charge in [-0.05, 0) is 33.6 Å². The first-order valence-electron chi connectivity index (χ1n) is 8.52. The molecule has 1 N–H and O–H groups in total. The maximum Gasteiger partial charge on any atom is 0.239 e. The summed E-state index contributed by atoms with van der Waals surface area (Å²) < 4.78 is 0. The van der Waals surface area contributed by atoms with Gasteiger partial charge in [0.2, 0.25) is 11.8 Å². The minimum absolute atomic E-state index is 0.0373. The summed E-state index contributed by atoms with van der Waals surface area (Å²) in [5.74, 6) is 0.355. The lowest BCUT2D eigenvalue weighted by molar-refractivity contribution is -0.136. The molecular weight excluding hydrogens is 280 g/mol. The predicted molar refractivity (Wildman–Crippen MR) is 86.6 cm³/mol. The molecule has 2 amide bonds. The number of piperazine rings is 1. The van der Waals surface area contributed by atoms with Crippen molar-refractivity contribution in [3.05, 3.63) is 0 Å². The van der Waals surface area contributed by atoms with E-state index >= 15 is 0 Å². The summed E-state index contributed by atoms with van der Waals surface area (Å²) in [5.41, 5.74) is 0. The first kappa shape index (κ1) is 17.2. The lowest BCUT2D eigenvalue weighted by Crippen LogP contribution is -2.55. The molecule has 22 heavy (non-hydrogen) atoms. The first-order valence-corrected chi connectivity index (χ1v) is 8.52. The Labute approximate surface area is 133 Å². The van der Waals surface area contributed by atoms with Gasteiger partial charge in [0, 0.05) is 45.3 Å². The van der Waals surface area contributed by atoms with Crippen molar-refractivity contribution in [2.24, 2.45) is 0 Å². The SMILES string of the molecule is CC(C)NC(=O)CN1CCN(C(C)C(=O)N2CCCC2)CC1. The fourth-order valence-corrected chi connectivity index (χ4v) is 3.24. The van der Waals surface area contributed by atoms with Crippen LogP contribution in [0.1, 0.15) is 33.6 Å². The van der Waals surface area contributed by atoms with Gasteiger partial charge in [-0.25, -0.2) is 0 Å². The number of amides is 2. The predicted octanol–water partition coefficient (Wildman–Crippen LogP) is 0.140. The third-order valence-corrected chi connectivity index (χ3v) is 4.55. The third kappa shape index (κ3) is 4.68. The summed E-state index contributed by atoms with van der Waals surface area (Å²) in [7, 11) is 0. The quantitative estimate of drug-likeness (QED) is 0.785. The largest absolute Gasteiger partial charge is 0.353 e. The van der Waals surface area contributed by atoms with Gasteiger partial charge in [0.15, 0.2) is 0 Å². The van der Waals surface area contributed by atoms with Crippen molar-refractivity contribution in [3.8, 4) is 0 Å². The molecule has 2 rings (SSSR count). The van der Waals surface area contributed by atoms with Crippen LogP contribution in [0.5, 0.6) is 0 Å². The molecule has 1 atom stereocenters. The second-order valence-electron chi connectivity index (χ2n) is 6.74. The monoisotopic (exact) mass is 310 g/mol. The molecule has 0 radical (unpaired) electrons. The van der Waals surface area contributed by atoms with Gasteiger partial charge in [0.25, 0.3) is 0 Å². The number of likely N-dealkylation sites (tertiary alicyclic amines) is 1. The zero-order valence-electron chi connectivity index (χ0n) is 14.2. The Hall–Kier alpha value is -1.14. The topological polar surface area (TPSA) is 55.9 Å². The Balaban J connectivity index is 1.74. The van der Waals surface area contributed by atoms with Crippen LogP contribution in [0.25, 0.3) is 0 Å². The van der Waals surface area contributed by atoms with Crippen molar-refractivity contribution in [1.82, 2.24) is 20.0 Å². The summed E-state index contributed by atoms with van der Waals surface area (Å²) in [6.45, 7) is 11.7. The Kier molecular flexibility index (Phi) is 6.20. The molecule has 0 aliphatic carbocycles. The van der Waals surface area contributed by atoms with Gasteiger partial charge in [0.1, 0.15) is 0 Å². The number of hydrogen-bond acceptors (Lipinski definition) is 4. The molecule has 0 bridgehead atoms. The van der Waals surface area contributed by atoms with E-state index in [0.29, 0.717) is 6.54 Å². The maximum atomic E-state index is 12.4. The summed E-state index contributed by atoms with van der Waals surface area (Å²) >= 11 is 0. The van der Waals surface area contributed by atoms with Crippen LogP contribution in [0.2, 0.25) is 0 Å². The summed E-state index contributed by atoms with van der Waals surface area (Å²) in [4.78, 5) is 30.6. The molecule has 126 valence electrons. The van der Waals surface area contributed by atoms with E-state index in [1.54, 1.807) is 0 Å². The highest BCUT2D eigenvalue weighted by atomic mass is 16.2. The van der Waals surface area contributed by atoms with Gasteiger partial charge in [-0.15, -0.1) is 0 Å². The molecule has 2 heterocycles. The molecule has 0 aromatic rings. The molecule has 6 nitrogen and oxygen atoms in total. The zero-order chi connectivity index (χ0) is 16.1. The molecule has 2 aliphatic heterocycles. The molecule has 1 unspecified atom stereocenters. The van der Waals surface area contributed by atoms with E-state index in [1.165, 1.54) is 0 Å². The fourth-order valence-electron chi connectivity index (χ4n) is 3.24. The van der Waals surface area contributed by atoms with Gasteiger partial charge in [-0.2, -0.15) is 0 Å². The lowest BCUT2D eigenvalue weighted by atomic mass is 10.2. The van der Waals surface area contributed by atoms with E-state index in [4.69, 9.17) is 0 Å². The fraction of sp³-hybridized carbons (Fsp3) is 0.875. The Morgan fingerprint density at radius 1 is 0.955 bits per heavy atom. The van der Waals surface area contributed by atoms with Gasteiger partial charge in [-0.1, -0.05) is 0 Å². The zero-order valence-corrected chi connectivity index (χ0v) is 14.2. The number of nitrogens with one attached hydrogen (secondary N) is 1. The van der Waals surface area contributed by atoms with Crippen LogP contribution >= 0.6 is 0 Å². The van der Waals surface area contributed by atoms with Crippen molar-refractivity contribution in [1.29, 1.82) is 0 Å². The minimum atomic E-state index is -0.0373. The molecule has 0 saturated carbocycles. The standard InChI is InChI=1S/C16H30N4O2/c1-13(2)17-15(21)12-18-8-10-19(11-9-18)14(3)16(22)20-6-4-5-7-20/h13-14H,4-12H2,1-3H3,(H,17,21). The van der Waals surface area contributed by atoms with Crippen LogP contribution < -0.4 is 5.32 Å². The Morgan fingerprint density at radius 3 is 2.09 bits per heavy atom. The highest BCUT2D eigenvalue weighted by molar-refractivity contribution is 5.81. The van der Waals surface area contributed by atoms with Crippen molar-refractivity contribution >= 4 is 11.8 Å². The molecule has 2 fully saturated rings. The second kappa shape index (κ2) is 7.92. The highest BCUT2D eigenvalue weighted by Crippen LogP contribution is 2.13. The van der Waals surface area contributed by atoms with Crippen LogP contribution in [0.15, 0.2) is 0 Å². The van der Waals surface area contributed by atoms with Crippen LogP contribution in [0, 0.1) is 0 Å². The lowest BCUT2D eigenvalue weighted by Gasteiger charge is -2.38. The maximum absolute atomic E-state index is 12.4. The average molecular weight is 310 g/mol. The third-order valence-electron chi connectivity index (χ3n) is 4.55. The summed E-state index contributed by atoms with van der Waals surface area (Å²) in [6, 6.07) is 0.150. The number of hydrogen-bond donors (Lipinski definition) is 1. The van der Waals surface area contributed by atoms with Gasteiger partial charge in [-0.3, -0.25) is 19.4 Å². The van der Waals surface area contributed by atoms with Crippen molar-refractivity contribution in [2.75, 3.05) is 45.8 Å². The van der Waals surface area contributed by atoms with E-state index in [0.717, 1.165) is 52.1 Å². The van der Waals surface area contributed by atoms with Gasteiger partial charge in [0.05, 0.1) is 12.6 Å².